The third-order valence-electron chi connectivity index (χ3n) is 2.43. The molecule has 0 saturated carbocycles. The summed E-state index contributed by atoms with van der Waals surface area (Å²) in [7, 11) is 0. The van der Waals surface area contributed by atoms with Gasteiger partial charge in [0.2, 0.25) is 0 Å². The van der Waals surface area contributed by atoms with Crippen LogP contribution in [0.3, 0.4) is 0 Å². The van der Waals surface area contributed by atoms with E-state index in [0.717, 1.165) is 5.69 Å². The molecule has 0 amide bonds. The van der Waals surface area contributed by atoms with E-state index in [-0.39, 0.29) is 0 Å². The molecule has 0 spiro atoms. The van der Waals surface area contributed by atoms with Crippen LogP contribution in [0.5, 0.6) is 0 Å². The van der Waals surface area contributed by atoms with Gasteiger partial charge in [0, 0.05) is 18.3 Å². The number of hydrogen-bond donors (Lipinski definition) is 2. The van der Waals surface area contributed by atoms with Crippen molar-refractivity contribution in [1.82, 2.24) is 4.98 Å². The van der Waals surface area contributed by atoms with Gasteiger partial charge >= 0.3 is 0 Å². The molecule has 1 heterocycles. The number of nitriles is 1. The first-order valence-corrected chi connectivity index (χ1v) is 4.96. The summed E-state index contributed by atoms with van der Waals surface area (Å²) in [5.74, 6) is 0.915. The molecule has 0 fully saturated rings. The second kappa shape index (κ2) is 4.65. The van der Waals surface area contributed by atoms with Crippen LogP contribution in [0.1, 0.15) is 26.3 Å². The van der Waals surface area contributed by atoms with Crippen LogP contribution >= 0.6 is 0 Å². The van der Waals surface area contributed by atoms with E-state index < -0.39 is 0 Å². The van der Waals surface area contributed by atoms with Crippen molar-refractivity contribution < 1.29 is 0 Å². The first kappa shape index (κ1) is 11.3. The molecule has 1 aromatic rings. The molecule has 1 atom stereocenters. The van der Waals surface area contributed by atoms with E-state index in [1.54, 1.807) is 6.07 Å². The average Bonchev–Trinajstić information content (AvgIpc) is 2.18. The van der Waals surface area contributed by atoms with E-state index in [9.17, 15) is 0 Å². The molecular weight excluding hydrogens is 188 g/mol. The third kappa shape index (κ3) is 2.84. The van der Waals surface area contributed by atoms with E-state index in [1.165, 1.54) is 6.20 Å². The highest BCUT2D eigenvalue weighted by Gasteiger charge is 2.10. The molecule has 0 aliphatic carbocycles. The molecule has 0 bridgehead atoms. The predicted octanol–water partition coefficient (Wildman–Crippen LogP) is 1.99. The molecule has 0 aliphatic rings. The van der Waals surface area contributed by atoms with Gasteiger partial charge in [0.25, 0.3) is 0 Å². The summed E-state index contributed by atoms with van der Waals surface area (Å²) in [4.78, 5) is 3.88. The molecule has 0 aliphatic heterocycles. The third-order valence-corrected chi connectivity index (χ3v) is 2.43. The maximum Gasteiger partial charge on any atom is 0.125 e. The van der Waals surface area contributed by atoms with Crippen molar-refractivity contribution in [2.24, 2.45) is 5.92 Å². The Kier molecular flexibility index (Phi) is 3.51. The number of anilines is 2. The predicted molar refractivity (Wildman–Crippen MR) is 61.3 cm³/mol. The van der Waals surface area contributed by atoms with E-state index in [2.05, 4.69) is 37.1 Å². The average molecular weight is 204 g/mol. The Morgan fingerprint density at radius 3 is 2.67 bits per heavy atom. The summed E-state index contributed by atoms with van der Waals surface area (Å²) in [5, 5.41) is 12.1. The van der Waals surface area contributed by atoms with E-state index in [1.807, 2.05) is 0 Å². The van der Waals surface area contributed by atoms with Crippen LogP contribution in [0.2, 0.25) is 0 Å². The van der Waals surface area contributed by atoms with Gasteiger partial charge in [-0.2, -0.15) is 5.26 Å². The maximum atomic E-state index is 8.89. The molecular formula is C11H16N4. The first-order chi connectivity index (χ1) is 7.04. The number of rotatable bonds is 3. The van der Waals surface area contributed by atoms with Crippen LogP contribution in [0.15, 0.2) is 12.3 Å². The van der Waals surface area contributed by atoms with Gasteiger partial charge in [0.15, 0.2) is 0 Å². The highest BCUT2D eigenvalue weighted by atomic mass is 14.9. The molecule has 1 aromatic heterocycles. The van der Waals surface area contributed by atoms with Crippen molar-refractivity contribution in [2.75, 3.05) is 11.1 Å². The Morgan fingerprint density at radius 1 is 1.47 bits per heavy atom. The van der Waals surface area contributed by atoms with Crippen LogP contribution in [0, 0.1) is 17.2 Å². The van der Waals surface area contributed by atoms with Crippen molar-refractivity contribution in [3.8, 4) is 6.07 Å². The summed E-state index contributed by atoms with van der Waals surface area (Å²) in [6.45, 7) is 6.31. The monoisotopic (exact) mass is 204 g/mol. The molecule has 15 heavy (non-hydrogen) atoms. The van der Waals surface area contributed by atoms with Gasteiger partial charge in [-0.3, -0.25) is 0 Å². The number of pyridine rings is 1. The summed E-state index contributed by atoms with van der Waals surface area (Å²) in [5.41, 5.74) is 6.85. The molecule has 4 heteroatoms. The van der Waals surface area contributed by atoms with Crippen molar-refractivity contribution in [3.05, 3.63) is 17.8 Å². The van der Waals surface area contributed by atoms with Crippen LogP contribution in [0.25, 0.3) is 0 Å². The van der Waals surface area contributed by atoms with E-state index >= 15 is 0 Å². The number of nitrogens with one attached hydrogen (secondary N) is 1. The van der Waals surface area contributed by atoms with Crippen LogP contribution in [-0.4, -0.2) is 11.0 Å². The van der Waals surface area contributed by atoms with Gasteiger partial charge in [0.1, 0.15) is 11.9 Å². The molecule has 0 saturated heterocycles. The zero-order valence-electron chi connectivity index (χ0n) is 9.28. The summed E-state index contributed by atoms with van der Waals surface area (Å²) < 4.78 is 0. The minimum Gasteiger partial charge on any atom is -0.384 e. The minimum atomic E-state index is 0.291. The lowest BCUT2D eigenvalue weighted by Crippen LogP contribution is -2.22. The lowest BCUT2D eigenvalue weighted by atomic mass is 10.1. The van der Waals surface area contributed by atoms with Crippen LogP contribution in [0.4, 0.5) is 11.5 Å². The Labute approximate surface area is 90.1 Å². The second-order valence-corrected chi connectivity index (χ2v) is 3.94. The minimum absolute atomic E-state index is 0.291. The fraction of sp³-hybridized carbons (Fsp3) is 0.455. The fourth-order valence-electron chi connectivity index (χ4n) is 1.09. The standard InChI is InChI=1S/C11H16N4/c1-7(2)8(3)15-10-4-11(13)14-6-9(10)5-12/h4,6-8H,1-3H3,(H3,13,14,15)/t8-/m1/s1. The molecule has 3 N–H and O–H groups in total. The van der Waals surface area contributed by atoms with Gasteiger partial charge in [0.05, 0.1) is 11.3 Å². The van der Waals surface area contributed by atoms with Gasteiger partial charge < -0.3 is 11.1 Å². The van der Waals surface area contributed by atoms with E-state index in [0.29, 0.717) is 23.3 Å². The van der Waals surface area contributed by atoms with Crippen molar-refractivity contribution in [3.63, 3.8) is 0 Å². The summed E-state index contributed by atoms with van der Waals surface area (Å²) >= 11 is 0. The van der Waals surface area contributed by atoms with Crippen LogP contribution < -0.4 is 11.1 Å². The number of hydrogen-bond acceptors (Lipinski definition) is 4. The molecule has 1 rings (SSSR count). The van der Waals surface area contributed by atoms with Crippen molar-refractivity contribution in [2.45, 2.75) is 26.8 Å². The SMILES string of the molecule is CC(C)[C@@H](C)Nc1cc(N)ncc1C#N. The molecule has 80 valence electrons. The zero-order chi connectivity index (χ0) is 11.4. The Balaban J connectivity index is 2.93. The Bertz CT molecular complexity index is 379. The van der Waals surface area contributed by atoms with Gasteiger partial charge in [-0.05, 0) is 12.8 Å². The fourth-order valence-corrected chi connectivity index (χ4v) is 1.09. The highest BCUT2D eigenvalue weighted by Crippen LogP contribution is 2.18. The van der Waals surface area contributed by atoms with Crippen molar-refractivity contribution >= 4 is 11.5 Å². The lowest BCUT2D eigenvalue weighted by Gasteiger charge is -2.19. The summed E-state index contributed by atoms with van der Waals surface area (Å²) in [6.07, 6.45) is 1.49. The maximum absolute atomic E-state index is 8.89. The number of nitrogen functional groups attached to an aromatic ring is 1. The largest absolute Gasteiger partial charge is 0.384 e. The Hall–Kier alpha value is -1.76. The smallest absolute Gasteiger partial charge is 0.125 e. The van der Waals surface area contributed by atoms with Crippen molar-refractivity contribution in [1.29, 1.82) is 5.26 Å². The highest BCUT2D eigenvalue weighted by molar-refractivity contribution is 5.61. The molecule has 0 unspecified atom stereocenters. The van der Waals surface area contributed by atoms with Gasteiger partial charge in [-0.15, -0.1) is 0 Å². The first-order valence-electron chi connectivity index (χ1n) is 4.96. The molecule has 0 radical (unpaired) electrons. The second-order valence-electron chi connectivity index (χ2n) is 3.94. The number of nitrogens with zero attached hydrogens (tertiary/aromatic N) is 2. The van der Waals surface area contributed by atoms with Crippen LogP contribution in [-0.2, 0) is 0 Å². The topological polar surface area (TPSA) is 74.7 Å². The zero-order valence-corrected chi connectivity index (χ0v) is 9.28. The number of nitrogens with two attached hydrogens (primary N) is 1. The normalized spacial score (nSPS) is 12.2. The molecule has 0 aromatic carbocycles. The lowest BCUT2D eigenvalue weighted by molar-refractivity contribution is 0.560. The van der Waals surface area contributed by atoms with Gasteiger partial charge in [-0.25, -0.2) is 4.98 Å². The number of aromatic nitrogens is 1. The quantitative estimate of drug-likeness (QED) is 0.789. The molecule has 4 nitrogen and oxygen atoms in total. The summed E-state index contributed by atoms with van der Waals surface area (Å²) in [6, 6.07) is 4.07. The van der Waals surface area contributed by atoms with Gasteiger partial charge in [-0.1, -0.05) is 13.8 Å². The Morgan fingerprint density at radius 2 is 2.13 bits per heavy atom. The van der Waals surface area contributed by atoms with E-state index in [4.69, 9.17) is 11.0 Å².